The first kappa shape index (κ1) is 17.4. The van der Waals surface area contributed by atoms with Crippen molar-refractivity contribution in [2.24, 2.45) is 0 Å². The Morgan fingerprint density at radius 3 is 2.45 bits per heavy atom. The van der Waals surface area contributed by atoms with Crippen molar-refractivity contribution in [3.63, 3.8) is 0 Å². The van der Waals surface area contributed by atoms with E-state index in [4.69, 9.17) is 11.6 Å². The van der Waals surface area contributed by atoms with Crippen LogP contribution in [-0.2, 0) is 16.6 Å². The molecule has 0 bridgehead atoms. The van der Waals surface area contributed by atoms with Crippen LogP contribution >= 0.6 is 11.6 Å². The molecule has 0 amide bonds. The lowest BCUT2D eigenvalue weighted by atomic mass is 10.2. The van der Waals surface area contributed by atoms with Gasteiger partial charge in [-0.25, -0.2) is 17.5 Å². The van der Waals surface area contributed by atoms with E-state index < -0.39 is 15.8 Å². The van der Waals surface area contributed by atoms with Crippen LogP contribution in [0.5, 0.6) is 0 Å². The number of sulfonamides is 1. The zero-order valence-electron chi connectivity index (χ0n) is 11.7. The van der Waals surface area contributed by atoms with E-state index in [2.05, 4.69) is 10.0 Å². The van der Waals surface area contributed by atoms with Crippen molar-refractivity contribution in [2.75, 3.05) is 13.1 Å². The van der Waals surface area contributed by atoms with E-state index in [0.717, 1.165) is 19.0 Å². The number of hydrogen-bond donors (Lipinski definition) is 2. The molecule has 4 nitrogen and oxygen atoms in total. The van der Waals surface area contributed by atoms with Gasteiger partial charge in [0.2, 0.25) is 10.0 Å². The molecule has 0 radical (unpaired) electrons. The summed E-state index contributed by atoms with van der Waals surface area (Å²) in [6.45, 7) is 5.26. The fraction of sp³-hybridized carbons (Fsp3) is 0.538. The molecule has 7 heteroatoms. The average molecular weight is 323 g/mol. The largest absolute Gasteiger partial charge is 0.313 e. The van der Waals surface area contributed by atoms with Crippen molar-refractivity contribution in [2.45, 2.75) is 38.1 Å². The highest BCUT2D eigenvalue weighted by Gasteiger charge is 2.18. The van der Waals surface area contributed by atoms with Crippen molar-refractivity contribution < 1.29 is 12.8 Å². The second-order valence-corrected chi connectivity index (χ2v) is 6.60. The third-order valence-electron chi connectivity index (χ3n) is 2.67. The zero-order chi connectivity index (χ0) is 15.2. The summed E-state index contributed by atoms with van der Waals surface area (Å²) >= 11 is 5.87. The summed E-state index contributed by atoms with van der Waals surface area (Å²) in [5.74, 6) is -0.723. The summed E-state index contributed by atoms with van der Waals surface area (Å²) in [7, 11) is -3.69. The molecule has 1 aromatic carbocycles. The SMILES string of the molecule is CCCNCc1cc(S(=O)(=O)NCCC)cc(F)c1Cl. The van der Waals surface area contributed by atoms with E-state index in [9.17, 15) is 12.8 Å². The fourth-order valence-electron chi connectivity index (χ4n) is 1.62. The van der Waals surface area contributed by atoms with E-state index in [0.29, 0.717) is 25.1 Å². The van der Waals surface area contributed by atoms with E-state index in [1.165, 1.54) is 6.07 Å². The minimum Gasteiger partial charge on any atom is -0.313 e. The van der Waals surface area contributed by atoms with Crippen LogP contribution in [-0.4, -0.2) is 21.5 Å². The van der Waals surface area contributed by atoms with Crippen molar-refractivity contribution in [3.8, 4) is 0 Å². The molecule has 2 N–H and O–H groups in total. The monoisotopic (exact) mass is 322 g/mol. The molecule has 0 aliphatic heterocycles. The zero-order valence-corrected chi connectivity index (χ0v) is 13.2. The van der Waals surface area contributed by atoms with Crippen molar-refractivity contribution in [3.05, 3.63) is 28.5 Å². The van der Waals surface area contributed by atoms with Gasteiger partial charge >= 0.3 is 0 Å². The summed E-state index contributed by atoms with van der Waals surface area (Å²) in [6, 6.07) is 2.36. The van der Waals surface area contributed by atoms with Gasteiger partial charge in [0.15, 0.2) is 0 Å². The van der Waals surface area contributed by atoms with Gasteiger partial charge in [-0.2, -0.15) is 0 Å². The molecule has 0 unspecified atom stereocenters. The van der Waals surface area contributed by atoms with Gasteiger partial charge in [0.05, 0.1) is 9.92 Å². The van der Waals surface area contributed by atoms with Gasteiger partial charge in [-0.3, -0.25) is 0 Å². The Hall–Kier alpha value is -0.690. The summed E-state index contributed by atoms with van der Waals surface area (Å²) in [5, 5.41) is 3.04. The molecule has 0 aromatic heterocycles. The maximum absolute atomic E-state index is 13.7. The maximum Gasteiger partial charge on any atom is 0.240 e. The molecule has 1 aromatic rings. The Morgan fingerprint density at radius 1 is 1.20 bits per heavy atom. The molecule has 0 aliphatic rings. The van der Waals surface area contributed by atoms with Crippen LogP contribution in [0.2, 0.25) is 5.02 Å². The van der Waals surface area contributed by atoms with Gasteiger partial charge in [0.1, 0.15) is 5.82 Å². The van der Waals surface area contributed by atoms with E-state index >= 15 is 0 Å². The predicted octanol–water partition coefficient (Wildman–Crippen LogP) is 2.67. The molecule has 0 heterocycles. The topological polar surface area (TPSA) is 58.2 Å². The Labute approximate surface area is 124 Å². The molecule has 114 valence electrons. The highest BCUT2D eigenvalue weighted by molar-refractivity contribution is 7.89. The summed E-state index contributed by atoms with van der Waals surface area (Å²) in [4.78, 5) is -0.0962. The predicted molar refractivity (Wildman–Crippen MR) is 78.9 cm³/mol. The van der Waals surface area contributed by atoms with Crippen LogP contribution in [0.15, 0.2) is 17.0 Å². The quantitative estimate of drug-likeness (QED) is 0.723. The number of nitrogens with one attached hydrogen (secondary N) is 2. The van der Waals surface area contributed by atoms with Gasteiger partial charge in [-0.15, -0.1) is 0 Å². The van der Waals surface area contributed by atoms with Crippen molar-refractivity contribution in [1.82, 2.24) is 10.0 Å². The fourth-order valence-corrected chi connectivity index (χ4v) is 2.99. The van der Waals surface area contributed by atoms with Gasteiger partial charge < -0.3 is 5.32 Å². The van der Waals surface area contributed by atoms with Crippen LogP contribution < -0.4 is 10.0 Å². The van der Waals surface area contributed by atoms with Crippen molar-refractivity contribution >= 4 is 21.6 Å². The first-order chi connectivity index (χ1) is 9.42. The lowest BCUT2D eigenvalue weighted by Gasteiger charge is -2.11. The lowest BCUT2D eigenvalue weighted by molar-refractivity contribution is 0.575. The molecule has 20 heavy (non-hydrogen) atoms. The lowest BCUT2D eigenvalue weighted by Crippen LogP contribution is -2.25. The van der Waals surface area contributed by atoms with Gasteiger partial charge in [-0.05, 0) is 37.1 Å². The highest BCUT2D eigenvalue weighted by atomic mass is 35.5. The van der Waals surface area contributed by atoms with Crippen LogP contribution in [0.25, 0.3) is 0 Å². The van der Waals surface area contributed by atoms with Crippen LogP contribution in [0, 0.1) is 5.82 Å². The van der Waals surface area contributed by atoms with Gasteiger partial charge in [0, 0.05) is 13.1 Å². The third-order valence-corrected chi connectivity index (χ3v) is 4.54. The number of benzene rings is 1. The van der Waals surface area contributed by atoms with Crippen LogP contribution in [0.1, 0.15) is 32.3 Å². The highest BCUT2D eigenvalue weighted by Crippen LogP contribution is 2.24. The molecule has 1 rings (SSSR count). The molecular weight excluding hydrogens is 303 g/mol. The number of halogens is 2. The Balaban J connectivity index is 3.04. The second kappa shape index (κ2) is 7.93. The van der Waals surface area contributed by atoms with Gasteiger partial charge in [0.25, 0.3) is 0 Å². The molecule has 0 saturated heterocycles. The van der Waals surface area contributed by atoms with Crippen molar-refractivity contribution in [1.29, 1.82) is 0 Å². The second-order valence-electron chi connectivity index (χ2n) is 4.45. The average Bonchev–Trinajstić information content (AvgIpc) is 2.41. The standard InChI is InChI=1S/C13H20ClFN2O2S/c1-3-5-16-9-10-7-11(8-12(15)13(10)14)20(18,19)17-6-4-2/h7-8,16-17H,3-6,9H2,1-2H3. The Bertz CT molecular complexity index is 550. The smallest absolute Gasteiger partial charge is 0.240 e. The minimum atomic E-state index is -3.69. The van der Waals surface area contributed by atoms with Gasteiger partial charge in [-0.1, -0.05) is 25.4 Å². The summed E-state index contributed by atoms with van der Waals surface area (Å²) < 4.78 is 40.1. The van der Waals surface area contributed by atoms with Crippen LogP contribution in [0.4, 0.5) is 4.39 Å². The Morgan fingerprint density at radius 2 is 1.85 bits per heavy atom. The van der Waals surface area contributed by atoms with E-state index in [1.807, 2.05) is 13.8 Å². The molecule has 0 atom stereocenters. The number of hydrogen-bond acceptors (Lipinski definition) is 3. The number of rotatable bonds is 8. The van der Waals surface area contributed by atoms with E-state index in [1.54, 1.807) is 0 Å². The van der Waals surface area contributed by atoms with E-state index in [-0.39, 0.29) is 9.92 Å². The molecular formula is C13H20ClFN2O2S. The maximum atomic E-state index is 13.7. The first-order valence-corrected chi connectivity index (χ1v) is 8.46. The van der Waals surface area contributed by atoms with Crippen LogP contribution in [0.3, 0.4) is 0 Å². The molecule has 0 saturated carbocycles. The molecule has 0 aliphatic carbocycles. The summed E-state index contributed by atoms with van der Waals surface area (Å²) in [5.41, 5.74) is 0.442. The minimum absolute atomic E-state index is 0.0388. The first-order valence-electron chi connectivity index (χ1n) is 6.60. The Kier molecular flexibility index (Phi) is 6.88. The summed E-state index contributed by atoms with van der Waals surface area (Å²) in [6.07, 6.45) is 1.59. The third kappa shape index (κ3) is 4.70. The molecule has 0 spiro atoms. The molecule has 0 fully saturated rings. The normalized spacial score (nSPS) is 11.8.